The quantitative estimate of drug-likeness (QED) is 0.780. The molecule has 3 rings (SSSR count). The summed E-state index contributed by atoms with van der Waals surface area (Å²) >= 11 is 0. The van der Waals surface area contributed by atoms with Crippen LogP contribution in [0.4, 0.5) is 18.9 Å². The van der Waals surface area contributed by atoms with Crippen LogP contribution in [0.3, 0.4) is 0 Å². The highest BCUT2D eigenvalue weighted by Gasteiger charge is 2.37. The lowest BCUT2D eigenvalue weighted by Gasteiger charge is -2.40. The van der Waals surface area contributed by atoms with E-state index in [1.807, 2.05) is 0 Å². The van der Waals surface area contributed by atoms with Crippen LogP contribution in [0.15, 0.2) is 24.3 Å². The molecule has 3 atom stereocenters. The van der Waals surface area contributed by atoms with Gasteiger partial charge in [-0.1, -0.05) is 18.9 Å². The molecule has 0 radical (unpaired) electrons. The van der Waals surface area contributed by atoms with E-state index in [1.165, 1.54) is 12.1 Å². The number of alkyl halides is 3. The van der Waals surface area contributed by atoms with Crippen molar-refractivity contribution < 1.29 is 22.8 Å². The van der Waals surface area contributed by atoms with Crippen LogP contribution >= 0.6 is 0 Å². The van der Waals surface area contributed by atoms with Gasteiger partial charge in [-0.2, -0.15) is 13.2 Å². The number of hydrogen-bond donors (Lipinski definition) is 3. The lowest BCUT2D eigenvalue weighted by atomic mass is 9.87. The van der Waals surface area contributed by atoms with E-state index < -0.39 is 23.7 Å². The molecule has 8 heteroatoms. The molecule has 136 valence electrons. The summed E-state index contributed by atoms with van der Waals surface area (Å²) in [6.45, 7) is 0. The van der Waals surface area contributed by atoms with Crippen LogP contribution in [-0.2, 0) is 15.8 Å². The normalized spacial score (nSPS) is 26.5. The Bertz CT molecular complexity index is 663. The largest absolute Gasteiger partial charge is 0.416 e. The van der Waals surface area contributed by atoms with Gasteiger partial charge in [0.2, 0.25) is 11.8 Å². The molecule has 0 unspecified atom stereocenters. The summed E-state index contributed by atoms with van der Waals surface area (Å²) in [6, 6.07) is 4.03. The first-order valence-corrected chi connectivity index (χ1v) is 8.36. The second kappa shape index (κ2) is 7.03. The number of piperazine rings is 1. The maximum absolute atomic E-state index is 12.7. The van der Waals surface area contributed by atoms with E-state index in [0.717, 1.165) is 37.8 Å². The fourth-order valence-electron chi connectivity index (χ4n) is 3.44. The Balaban J connectivity index is 1.60. The van der Waals surface area contributed by atoms with Crippen LogP contribution in [0.25, 0.3) is 0 Å². The number of benzene rings is 1. The van der Waals surface area contributed by atoms with Gasteiger partial charge < -0.3 is 16.0 Å². The molecule has 1 aromatic rings. The highest BCUT2D eigenvalue weighted by molar-refractivity contribution is 5.95. The summed E-state index contributed by atoms with van der Waals surface area (Å²) in [4.78, 5) is 24.3. The fourth-order valence-corrected chi connectivity index (χ4v) is 3.44. The van der Waals surface area contributed by atoms with E-state index in [4.69, 9.17) is 0 Å². The summed E-state index contributed by atoms with van der Waals surface area (Å²) in [5, 5.41) is 8.58. The molecule has 0 bridgehead atoms. The number of amides is 2. The van der Waals surface area contributed by atoms with Crippen molar-refractivity contribution in [2.75, 3.05) is 5.32 Å². The predicted molar refractivity (Wildman–Crippen MR) is 85.8 cm³/mol. The molecule has 2 aliphatic rings. The monoisotopic (exact) mass is 355 g/mol. The van der Waals surface area contributed by atoms with Crippen molar-refractivity contribution in [3.05, 3.63) is 29.8 Å². The molecule has 5 nitrogen and oxygen atoms in total. The molecule has 2 amide bonds. The lowest BCUT2D eigenvalue weighted by molar-refractivity contribution is -0.137. The molecule has 1 heterocycles. The zero-order valence-electron chi connectivity index (χ0n) is 13.5. The number of nitrogens with one attached hydrogen (secondary N) is 3. The Labute approximate surface area is 143 Å². The fraction of sp³-hybridized carbons (Fsp3) is 0.529. The van der Waals surface area contributed by atoms with Crippen LogP contribution in [0.1, 0.15) is 37.7 Å². The van der Waals surface area contributed by atoms with E-state index in [0.29, 0.717) is 0 Å². The van der Waals surface area contributed by atoms with Gasteiger partial charge in [0.05, 0.1) is 18.0 Å². The van der Waals surface area contributed by atoms with Crippen LogP contribution in [0.5, 0.6) is 0 Å². The van der Waals surface area contributed by atoms with E-state index in [-0.39, 0.29) is 30.1 Å². The minimum absolute atomic E-state index is 0.0617. The first-order valence-electron chi connectivity index (χ1n) is 8.36. The first kappa shape index (κ1) is 17.7. The minimum atomic E-state index is -4.47. The highest BCUT2D eigenvalue weighted by atomic mass is 19.4. The Morgan fingerprint density at radius 3 is 2.64 bits per heavy atom. The predicted octanol–water partition coefficient (Wildman–Crippen LogP) is 2.43. The smallest absolute Gasteiger partial charge is 0.350 e. The Hall–Kier alpha value is -2.09. The first-order chi connectivity index (χ1) is 11.8. The van der Waals surface area contributed by atoms with Gasteiger partial charge in [-0.3, -0.25) is 9.59 Å². The molecule has 1 aliphatic carbocycles. The Morgan fingerprint density at radius 1 is 1.20 bits per heavy atom. The SMILES string of the molecule is O=C(C[C@H]1N[C@H]2CCCC[C@H]2NC1=O)Nc1cccc(C(F)(F)F)c1. The third kappa shape index (κ3) is 4.31. The zero-order chi connectivity index (χ0) is 18.0. The Morgan fingerprint density at radius 2 is 1.92 bits per heavy atom. The van der Waals surface area contributed by atoms with Gasteiger partial charge in [-0.25, -0.2) is 0 Å². The summed E-state index contributed by atoms with van der Waals surface area (Å²) in [7, 11) is 0. The van der Waals surface area contributed by atoms with Gasteiger partial charge in [-0.15, -0.1) is 0 Å². The second-order valence-corrected chi connectivity index (χ2v) is 6.56. The summed E-state index contributed by atoms with van der Waals surface area (Å²) < 4.78 is 38.1. The molecule has 1 aliphatic heterocycles. The number of fused-ring (bicyclic) bond motifs is 1. The average molecular weight is 355 g/mol. The molecular weight excluding hydrogens is 335 g/mol. The van der Waals surface area contributed by atoms with E-state index in [9.17, 15) is 22.8 Å². The number of carbonyl (C=O) groups excluding carboxylic acids is 2. The van der Waals surface area contributed by atoms with Gasteiger partial charge >= 0.3 is 6.18 Å². The molecule has 25 heavy (non-hydrogen) atoms. The van der Waals surface area contributed by atoms with Crippen molar-refractivity contribution in [1.82, 2.24) is 10.6 Å². The number of carbonyl (C=O) groups is 2. The number of anilines is 1. The van der Waals surface area contributed by atoms with Gasteiger partial charge in [0.25, 0.3) is 0 Å². The van der Waals surface area contributed by atoms with Crippen LogP contribution in [0.2, 0.25) is 0 Å². The van der Waals surface area contributed by atoms with Crippen LogP contribution in [0, 0.1) is 0 Å². The van der Waals surface area contributed by atoms with E-state index >= 15 is 0 Å². The van der Waals surface area contributed by atoms with E-state index in [1.54, 1.807) is 0 Å². The number of halogens is 3. The van der Waals surface area contributed by atoms with E-state index in [2.05, 4.69) is 16.0 Å². The van der Waals surface area contributed by atoms with Crippen molar-refractivity contribution in [2.45, 2.75) is 56.4 Å². The second-order valence-electron chi connectivity index (χ2n) is 6.56. The highest BCUT2D eigenvalue weighted by Crippen LogP contribution is 2.30. The Kier molecular flexibility index (Phi) is 4.99. The number of hydrogen-bond acceptors (Lipinski definition) is 3. The van der Waals surface area contributed by atoms with Crippen molar-refractivity contribution in [2.24, 2.45) is 0 Å². The number of rotatable bonds is 3. The topological polar surface area (TPSA) is 70.2 Å². The molecule has 3 N–H and O–H groups in total. The lowest BCUT2D eigenvalue weighted by Crippen LogP contribution is -2.65. The van der Waals surface area contributed by atoms with Crippen molar-refractivity contribution >= 4 is 17.5 Å². The third-order valence-electron chi connectivity index (χ3n) is 4.69. The summed E-state index contributed by atoms with van der Waals surface area (Å²) in [5.74, 6) is -0.733. The maximum Gasteiger partial charge on any atom is 0.416 e. The van der Waals surface area contributed by atoms with Gasteiger partial charge in [0, 0.05) is 17.8 Å². The maximum atomic E-state index is 12.7. The molecule has 0 aromatic heterocycles. The van der Waals surface area contributed by atoms with Crippen molar-refractivity contribution in [3.8, 4) is 0 Å². The van der Waals surface area contributed by atoms with Gasteiger partial charge in [0.15, 0.2) is 0 Å². The summed E-state index contributed by atoms with van der Waals surface area (Å²) in [6.07, 6.45) is -0.576. The van der Waals surface area contributed by atoms with Crippen LogP contribution < -0.4 is 16.0 Å². The van der Waals surface area contributed by atoms with Crippen molar-refractivity contribution in [1.29, 1.82) is 0 Å². The summed E-state index contributed by atoms with van der Waals surface area (Å²) in [5.41, 5.74) is -0.768. The molecule has 0 spiro atoms. The molecule has 1 aromatic carbocycles. The van der Waals surface area contributed by atoms with Gasteiger partial charge in [0.1, 0.15) is 0 Å². The molecule has 2 fully saturated rings. The molecular formula is C17H20F3N3O2. The van der Waals surface area contributed by atoms with Crippen LogP contribution in [-0.4, -0.2) is 29.9 Å². The molecule has 1 saturated carbocycles. The van der Waals surface area contributed by atoms with Crippen molar-refractivity contribution in [3.63, 3.8) is 0 Å². The average Bonchev–Trinajstić information content (AvgIpc) is 2.55. The minimum Gasteiger partial charge on any atom is -0.350 e. The molecule has 1 saturated heterocycles. The third-order valence-corrected chi connectivity index (χ3v) is 4.69. The van der Waals surface area contributed by atoms with Gasteiger partial charge in [-0.05, 0) is 31.0 Å². The zero-order valence-corrected chi connectivity index (χ0v) is 13.5. The standard InChI is InChI=1S/C17H20F3N3O2/c18-17(19,20)10-4-3-5-11(8-10)21-15(24)9-14-16(25)23-13-7-2-1-6-12(13)22-14/h3-5,8,12-14,22H,1-2,6-7,9H2,(H,21,24)(H,23,25)/t12-,13+,14+/m0/s1.